The Morgan fingerprint density at radius 1 is 0.867 bits per heavy atom. The third-order valence-electron chi connectivity index (χ3n) is 2.20. The van der Waals surface area contributed by atoms with Gasteiger partial charge < -0.3 is 15.1 Å². The molecule has 3 nitrogen and oxygen atoms in total. The van der Waals surface area contributed by atoms with Crippen LogP contribution in [-0.2, 0) is 11.2 Å². The topological polar surface area (TPSA) is 18.5 Å². The first-order valence-corrected chi connectivity index (χ1v) is 9.33. The van der Waals surface area contributed by atoms with Gasteiger partial charge in [-0.3, -0.25) is 0 Å². The van der Waals surface area contributed by atoms with Gasteiger partial charge in [-0.1, -0.05) is 0 Å². The van der Waals surface area contributed by atoms with Crippen LogP contribution in [0.5, 0.6) is 0 Å². The molecule has 0 spiro atoms. The van der Waals surface area contributed by atoms with E-state index in [9.17, 15) is 0 Å². The number of nitrogens with zero attached hydrogens (tertiary/aromatic N) is 2. The van der Waals surface area contributed by atoms with Crippen LogP contribution in [0.25, 0.3) is 0 Å². The fraction of sp³-hybridized carbons (Fsp3) is 1.00. The van der Waals surface area contributed by atoms with Crippen molar-refractivity contribution in [1.82, 2.24) is 15.1 Å². The van der Waals surface area contributed by atoms with Crippen LogP contribution in [0.15, 0.2) is 0 Å². The molecule has 0 aromatic rings. The van der Waals surface area contributed by atoms with Crippen LogP contribution < -0.4 is 5.32 Å². The number of nitrogens with one attached hydrogen (secondary N) is 1. The Balaban J connectivity index is 0.000000423. The van der Waals surface area contributed by atoms with Crippen molar-refractivity contribution in [3.8, 4) is 0 Å². The van der Waals surface area contributed by atoms with Crippen molar-refractivity contribution in [2.45, 2.75) is 0 Å². The number of rotatable bonds is 0. The molecule has 1 aliphatic rings. The summed E-state index contributed by atoms with van der Waals surface area (Å²) in [6, 6.07) is 0. The summed E-state index contributed by atoms with van der Waals surface area (Å²) in [6.45, 7) is 6.99. The molecule has 0 saturated carbocycles. The van der Waals surface area contributed by atoms with Crippen molar-refractivity contribution in [1.29, 1.82) is 0 Å². The fourth-order valence-corrected chi connectivity index (χ4v) is 1.23. The van der Waals surface area contributed by atoms with Gasteiger partial charge in [0, 0.05) is 39.3 Å². The summed E-state index contributed by atoms with van der Waals surface area (Å²) in [5.74, 6) is 0. The van der Waals surface area contributed by atoms with Crippen molar-refractivity contribution in [2.24, 2.45) is 0 Å². The third-order valence-corrected chi connectivity index (χ3v) is 2.20. The Labute approximate surface area is 110 Å². The van der Waals surface area contributed by atoms with E-state index in [0.717, 1.165) is 13.1 Å². The number of hydrogen-bond acceptors (Lipinski definition) is 3. The van der Waals surface area contributed by atoms with E-state index in [2.05, 4.69) is 29.2 Å². The summed E-state index contributed by atoms with van der Waals surface area (Å²) in [4.78, 5) is 4.74. The molecular formula is C8H19Cl3FeN3. The van der Waals surface area contributed by atoms with Crippen molar-refractivity contribution in [3.63, 3.8) is 0 Å². The van der Waals surface area contributed by atoms with Crippen molar-refractivity contribution in [2.75, 3.05) is 53.4 Å². The van der Waals surface area contributed by atoms with Gasteiger partial charge in [-0.05, 0) is 14.1 Å². The van der Waals surface area contributed by atoms with Gasteiger partial charge in [0.15, 0.2) is 0 Å². The normalized spacial score (nSPS) is 21.8. The Morgan fingerprint density at radius 3 is 1.53 bits per heavy atom. The molecule has 0 atom stereocenters. The monoisotopic (exact) mass is 318 g/mol. The van der Waals surface area contributed by atoms with Crippen molar-refractivity contribution < 1.29 is 11.2 Å². The van der Waals surface area contributed by atoms with Gasteiger partial charge in [0.2, 0.25) is 0 Å². The molecule has 1 fully saturated rings. The molecule has 0 aliphatic carbocycles. The van der Waals surface area contributed by atoms with Gasteiger partial charge in [0.25, 0.3) is 0 Å². The molecule has 1 saturated heterocycles. The molecule has 0 radical (unpaired) electrons. The molecule has 0 aromatic carbocycles. The maximum absolute atomic E-state index is 4.89. The number of likely N-dealkylation sites (N-methyl/N-ethyl adjacent to an activating group) is 2. The van der Waals surface area contributed by atoms with Crippen LogP contribution in [0.4, 0.5) is 0 Å². The fourth-order valence-electron chi connectivity index (χ4n) is 1.23. The average Bonchev–Trinajstić information content (AvgIpc) is 2.20. The third kappa shape index (κ3) is 13.2. The molecule has 0 bridgehead atoms. The molecule has 1 N–H and O–H groups in total. The quantitative estimate of drug-likeness (QED) is 0.683. The van der Waals surface area contributed by atoms with Crippen LogP contribution in [0, 0.1) is 0 Å². The first-order valence-electron chi connectivity index (χ1n) is 4.77. The van der Waals surface area contributed by atoms with Crippen LogP contribution in [0.2, 0.25) is 0 Å². The van der Waals surface area contributed by atoms with Gasteiger partial charge in [-0.25, -0.2) is 0 Å². The zero-order valence-corrected chi connectivity index (χ0v) is 12.5. The van der Waals surface area contributed by atoms with E-state index in [1.165, 1.54) is 26.2 Å². The van der Waals surface area contributed by atoms with Crippen molar-refractivity contribution in [3.05, 3.63) is 0 Å². The summed E-state index contributed by atoms with van der Waals surface area (Å²) >= 11 is -1.33. The Bertz CT molecular complexity index is 136. The van der Waals surface area contributed by atoms with E-state index in [-0.39, 0.29) is 0 Å². The summed E-state index contributed by atoms with van der Waals surface area (Å²) in [6.07, 6.45) is 0. The summed E-state index contributed by atoms with van der Waals surface area (Å²) in [5, 5.41) is 3.40. The van der Waals surface area contributed by atoms with E-state index in [1.807, 2.05) is 0 Å². The predicted octanol–water partition coefficient (Wildman–Crippen LogP) is 1.52. The number of hydrogen-bond donors (Lipinski definition) is 1. The van der Waals surface area contributed by atoms with E-state index in [4.69, 9.17) is 30.3 Å². The second kappa shape index (κ2) is 10.4. The summed E-state index contributed by atoms with van der Waals surface area (Å²) in [7, 11) is 19.0. The van der Waals surface area contributed by atoms with Gasteiger partial charge in [0.1, 0.15) is 0 Å². The Kier molecular flexibility index (Phi) is 11.3. The van der Waals surface area contributed by atoms with Gasteiger partial charge >= 0.3 is 41.5 Å². The van der Waals surface area contributed by atoms with Gasteiger partial charge in [0.05, 0.1) is 0 Å². The molecule has 1 aliphatic heterocycles. The Hall–Kier alpha value is 1.27. The van der Waals surface area contributed by atoms with E-state index >= 15 is 0 Å². The zero-order valence-electron chi connectivity index (χ0n) is 9.12. The number of halogens is 3. The van der Waals surface area contributed by atoms with Crippen LogP contribution in [0.1, 0.15) is 0 Å². The first-order chi connectivity index (χ1) is 7.02. The average molecular weight is 319 g/mol. The minimum atomic E-state index is -1.33. The van der Waals surface area contributed by atoms with Gasteiger partial charge in [-0.2, -0.15) is 0 Å². The predicted molar refractivity (Wildman–Crippen MR) is 65.4 cm³/mol. The van der Waals surface area contributed by atoms with Gasteiger partial charge in [-0.15, -0.1) is 0 Å². The standard InChI is InChI=1S/C8H19N3.3ClH.Fe/c1-10-5-3-9-4-6-11(2)8-7-10;;;;/h9H,3-8H2,1-2H3;3*1H;/q;;;;+3/p-3. The second-order valence-corrected chi connectivity index (χ2v) is 8.98. The molecule has 0 amide bonds. The van der Waals surface area contributed by atoms with E-state index in [0.29, 0.717) is 0 Å². The molecule has 0 aromatic heterocycles. The second-order valence-electron chi connectivity index (χ2n) is 3.51. The van der Waals surface area contributed by atoms with E-state index < -0.39 is 11.2 Å². The molecule has 1 heterocycles. The minimum absolute atomic E-state index is 1.13. The molecule has 95 valence electrons. The molecule has 15 heavy (non-hydrogen) atoms. The Morgan fingerprint density at radius 2 is 1.20 bits per heavy atom. The SMILES string of the molecule is CN1CCNCCN(C)CC1.[Cl][Fe]([Cl])[Cl]. The van der Waals surface area contributed by atoms with Crippen LogP contribution >= 0.6 is 30.3 Å². The maximum atomic E-state index is 4.89. The summed E-state index contributed by atoms with van der Waals surface area (Å²) < 4.78 is 0. The van der Waals surface area contributed by atoms with Crippen LogP contribution in [0.3, 0.4) is 0 Å². The summed E-state index contributed by atoms with van der Waals surface area (Å²) in [5.41, 5.74) is 0. The zero-order chi connectivity index (χ0) is 11.7. The molecule has 0 unspecified atom stereocenters. The molecular weight excluding hydrogens is 300 g/mol. The molecule has 7 heteroatoms. The van der Waals surface area contributed by atoms with Crippen LogP contribution in [-0.4, -0.2) is 63.2 Å². The molecule has 1 rings (SSSR count). The van der Waals surface area contributed by atoms with E-state index in [1.54, 1.807) is 0 Å². The first kappa shape index (κ1) is 16.3. The van der Waals surface area contributed by atoms with Crippen molar-refractivity contribution >= 4 is 30.3 Å².